The first kappa shape index (κ1) is 7.79. The topological polar surface area (TPSA) is 37.3 Å². The van der Waals surface area contributed by atoms with E-state index in [1.807, 2.05) is 0 Å². The van der Waals surface area contributed by atoms with Crippen LogP contribution in [0.2, 0.25) is 0 Å². The van der Waals surface area contributed by atoms with Gasteiger partial charge in [0, 0.05) is 6.42 Å². The maximum atomic E-state index is 10.4. The zero-order valence-electron chi connectivity index (χ0n) is 4.73. The Balaban J connectivity index is 2.74. The van der Waals surface area contributed by atoms with Crippen LogP contribution in [-0.2, 0) is 11.1 Å². The highest BCUT2D eigenvalue weighted by atomic mass is 35.5. The molecule has 54 valence electrons. The van der Waals surface area contributed by atoms with Crippen LogP contribution < -0.4 is 0 Å². The average Bonchev–Trinajstić information content (AvgIpc) is 2.08. The summed E-state index contributed by atoms with van der Waals surface area (Å²) in [6.07, 6.45) is 0.395. The Hall–Kier alpha value is 0.690. The molecule has 5 heteroatoms. The highest BCUT2D eigenvalue weighted by Crippen LogP contribution is 2.59. The standard InChI is InChI=1S/C4H6Cl2O2S/c1-3(9(7)8)2-4(3,5)6/h2H2,1H3,(H,7,8). The highest BCUT2D eigenvalue weighted by Gasteiger charge is 2.67. The van der Waals surface area contributed by atoms with Crippen molar-refractivity contribution in [3.63, 3.8) is 0 Å². The largest absolute Gasteiger partial charge is 0.306 e. The van der Waals surface area contributed by atoms with Crippen molar-refractivity contribution in [2.45, 2.75) is 22.4 Å². The maximum Gasteiger partial charge on any atom is 0.162 e. The summed E-state index contributed by atoms with van der Waals surface area (Å²) < 4.78 is 17.3. The van der Waals surface area contributed by atoms with Gasteiger partial charge in [-0.2, -0.15) is 0 Å². The lowest BCUT2D eigenvalue weighted by molar-refractivity contribution is 0.548. The third-order valence-corrected chi connectivity index (χ3v) is 4.18. The smallest absolute Gasteiger partial charge is 0.162 e. The van der Waals surface area contributed by atoms with Gasteiger partial charge in [-0.25, -0.2) is 4.21 Å². The van der Waals surface area contributed by atoms with Gasteiger partial charge in [-0.1, -0.05) is 23.2 Å². The number of rotatable bonds is 1. The number of alkyl halides is 2. The molecule has 2 atom stereocenters. The fourth-order valence-corrected chi connectivity index (χ4v) is 2.25. The zero-order valence-corrected chi connectivity index (χ0v) is 7.06. The molecule has 1 aliphatic carbocycles. The molecule has 0 amide bonds. The Kier molecular flexibility index (Phi) is 1.60. The summed E-state index contributed by atoms with van der Waals surface area (Å²) in [6.45, 7) is 1.59. The van der Waals surface area contributed by atoms with Crippen LogP contribution >= 0.6 is 23.2 Å². The van der Waals surface area contributed by atoms with Crippen molar-refractivity contribution in [3.05, 3.63) is 0 Å². The second-order valence-corrected chi connectivity index (χ2v) is 5.24. The number of halogens is 2. The van der Waals surface area contributed by atoms with E-state index in [2.05, 4.69) is 0 Å². The fraction of sp³-hybridized carbons (Fsp3) is 1.00. The minimum Gasteiger partial charge on any atom is -0.306 e. The highest BCUT2D eigenvalue weighted by molar-refractivity contribution is 7.81. The summed E-state index contributed by atoms with van der Waals surface area (Å²) in [4.78, 5) is 0. The van der Waals surface area contributed by atoms with Crippen molar-refractivity contribution in [2.24, 2.45) is 0 Å². The SMILES string of the molecule is CC1(S(=O)O)CC1(Cl)Cl. The number of hydrogen-bond acceptors (Lipinski definition) is 1. The van der Waals surface area contributed by atoms with Crippen LogP contribution in [0.5, 0.6) is 0 Å². The van der Waals surface area contributed by atoms with Crippen molar-refractivity contribution >= 4 is 34.3 Å². The molecule has 1 fully saturated rings. The summed E-state index contributed by atoms with van der Waals surface area (Å²) >= 11 is 9.21. The van der Waals surface area contributed by atoms with Crippen LogP contribution in [0, 0.1) is 0 Å². The quantitative estimate of drug-likeness (QED) is 0.501. The molecule has 0 aliphatic heterocycles. The Morgan fingerprint density at radius 2 is 2.00 bits per heavy atom. The van der Waals surface area contributed by atoms with Crippen LogP contribution in [0.4, 0.5) is 0 Å². The van der Waals surface area contributed by atoms with E-state index >= 15 is 0 Å². The number of hydrogen-bond donors (Lipinski definition) is 1. The van der Waals surface area contributed by atoms with Crippen molar-refractivity contribution < 1.29 is 8.76 Å². The third kappa shape index (κ3) is 1.00. The van der Waals surface area contributed by atoms with E-state index in [0.29, 0.717) is 6.42 Å². The first-order valence-corrected chi connectivity index (χ1v) is 4.25. The van der Waals surface area contributed by atoms with Gasteiger partial charge in [0.1, 0.15) is 9.08 Å². The summed E-state index contributed by atoms with van der Waals surface area (Å²) in [5.74, 6) is 0. The van der Waals surface area contributed by atoms with Gasteiger partial charge in [0.15, 0.2) is 11.1 Å². The van der Waals surface area contributed by atoms with Gasteiger partial charge in [-0.05, 0) is 6.92 Å². The van der Waals surface area contributed by atoms with Crippen molar-refractivity contribution in [2.75, 3.05) is 0 Å². The molecule has 0 spiro atoms. The lowest BCUT2D eigenvalue weighted by Crippen LogP contribution is -2.18. The van der Waals surface area contributed by atoms with E-state index in [1.165, 1.54) is 0 Å². The van der Waals surface area contributed by atoms with E-state index in [1.54, 1.807) is 6.92 Å². The van der Waals surface area contributed by atoms with Gasteiger partial charge in [0.2, 0.25) is 0 Å². The molecule has 0 saturated heterocycles. The first-order valence-electron chi connectivity index (χ1n) is 2.39. The zero-order chi connectivity index (χ0) is 7.28. The second kappa shape index (κ2) is 1.84. The summed E-state index contributed by atoms with van der Waals surface area (Å²) in [6, 6.07) is 0. The Labute approximate surface area is 65.8 Å². The van der Waals surface area contributed by atoms with Gasteiger partial charge in [-0.15, -0.1) is 0 Å². The van der Waals surface area contributed by atoms with Gasteiger partial charge in [-0.3, -0.25) is 0 Å². The molecule has 0 bridgehead atoms. The minimum absolute atomic E-state index is 0.395. The van der Waals surface area contributed by atoms with Gasteiger partial charge >= 0.3 is 0 Å². The maximum absolute atomic E-state index is 10.4. The molecule has 0 radical (unpaired) electrons. The predicted molar refractivity (Wildman–Crippen MR) is 38.2 cm³/mol. The molecule has 2 unspecified atom stereocenters. The van der Waals surface area contributed by atoms with E-state index in [-0.39, 0.29) is 0 Å². The second-order valence-electron chi connectivity index (χ2n) is 2.36. The fourth-order valence-electron chi connectivity index (χ4n) is 0.569. The molecule has 9 heavy (non-hydrogen) atoms. The molecule has 0 aromatic heterocycles. The molecule has 2 nitrogen and oxygen atoms in total. The Morgan fingerprint density at radius 3 is 2.00 bits per heavy atom. The molecule has 1 N–H and O–H groups in total. The van der Waals surface area contributed by atoms with Crippen molar-refractivity contribution in [1.82, 2.24) is 0 Å². The van der Waals surface area contributed by atoms with Crippen molar-refractivity contribution in [3.8, 4) is 0 Å². The van der Waals surface area contributed by atoms with Crippen molar-refractivity contribution in [1.29, 1.82) is 0 Å². The first-order chi connectivity index (χ1) is 3.90. The molecule has 1 aliphatic rings. The van der Waals surface area contributed by atoms with Crippen LogP contribution in [0.15, 0.2) is 0 Å². The molecule has 0 aromatic rings. The lowest BCUT2D eigenvalue weighted by atomic mass is 10.5. The van der Waals surface area contributed by atoms with Crippen LogP contribution in [0.25, 0.3) is 0 Å². The Bertz CT molecular complexity index is 170. The monoisotopic (exact) mass is 188 g/mol. The van der Waals surface area contributed by atoms with Gasteiger partial charge in [0.05, 0.1) is 0 Å². The molecule has 0 aromatic carbocycles. The molecule has 0 heterocycles. The summed E-state index contributed by atoms with van der Waals surface area (Å²) in [5, 5.41) is 0. The summed E-state index contributed by atoms with van der Waals surface area (Å²) in [7, 11) is 0. The minimum atomic E-state index is -1.91. The normalized spacial score (nSPS) is 42.2. The van der Waals surface area contributed by atoms with Crippen LogP contribution in [0.3, 0.4) is 0 Å². The Morgan fingerprint density at radius 1 is 1.67 bits per heavy atom. The predicted octanol–water partition coefficient (Wildman–Crippen LogP) is 1.54. The van der Waals surface area contributed by atoms with E-state index in [9.17, 15) is 4.21 Å². The summed E-state index contributed by atoms with van der Waals surface area (Å²) in [5.41, 5.74) is 0. The van der Waals surface area contributed by atoms with Crippen LogP contribution in [0.1, 0.15) is 13.3 Å². The van der Waals surface area contributed by atoms with E-state index in [4.69, 9.17) is 27.8 Å². The van der Waals surface area contributed by atoms with Crippen LogP contribution in [-0.4, -0.2) is 17.8 Å². The lowest BCUT2D eigenvalue weighted by Gasteiger charge is -2.03. The molecular formula is C4H6Cl2O2S. The van der Waals surface area contributed by atoms with E-state index in [0.717, 1.165) is 0 Å². The molecular weight excluding hydrogens is 183 g/mol. The molecule has 1 rings (SSSR count). The third-order valence-electron chi connectivity index (χ3n) is 1.59. The van der Waals surface area contributed by atoms with Gasteiger partial charge in [0.25, 0.3) is 0 Å². The molecule has 1 saturated carbocycles. The van der Waals surface area contributed by atoms with E-state index < -0.39 is 20.2 Å². The average molecular weight is 189 g/mol. The van der Waals surface area contributed by atoms with Gasteiger partial charge < -0.3 is 4.55 Å².